The molecule has 2 aliphatic heterocycles. The Hall–Kier alpha value is -3.51. The monoisotopic (exact) mass is 496 g/mol. The van der Waals surface area contributed by atoms with Gasteiger partial charge in [0.25, 0.3) is 0 Å². The van der Waals surface area contributed by atoms with Crippen LogP contribution in [0.3, 0.4) is 0 Å². The Labute approximate surface area is 219 Å². The molecule has 2 saturated heterocycles. The van der Waals surface area contributed by atoms with Gasteiger partial charge in [0.05, 0.1) is 17.9 Å². The molecular formula is C31H36N4O2. The highest BCUT2D eigenvalue weighted by molar-refractivity contribution is 5.85. The molecule has 0 bridgehead atoms. The molecule has 0 radical (unpaired) electrons. The SMILES string of the molecule is O=C(Cc1ccccc1)NC(CCN1CCC2(CC1)CCN(Cc1cccnc1)C2=O)c1ccccc1. The Kier molecular flexibility index (Phi) is 7.95. The molecule has 6 nitrogen and oxygen atoms in total. The van der Waals surface area contributed by atoms with Gasteiger partial charge >= 0.3 is 0 Å². The van der Waals surface area contributed by atoms with Crippen molar-refractivity contribution in [2.75, 3.05) is 26.2 Å². The number of amides is 2. The maximum Gasteiger partial charge on any atom is 0.229 e. The molecule has 1 aromatic heterocycles. The number of hydrogen-bond acceptors (Lipinski definition) is 4. The molecule has 2 aliphatic rings. The fraction of sp³-hybridized carbons (Fsp3) is 0.387. The van der Waals surface area contributed by atoms with E-state index in [0.717, 1.165) is 68.6 Å². The number of piperidine rings is 1. The maximum atomic E-state index is 13.4. The summed E-state index contributed by atoms with van der Waals surface area (Å²) < 4.78 is 0. The predicted octanol–water partition coefficient (Wildman–Crippen LogP) is 4.39. The van der Waals surface area contributed by atoms with Crippen molar-refractivity contribution in [2.24, 2.45) is 5.41 Å². The number of nitrogens with one attached hydrogen (secondary N) is 1. The molecule has 192 valence electrons. The van der Waals surface area contributed by atoms with Crippen LogP contribution in [0.5, 0.6) is 0 Å². The maximum absolute atomic E-state index is 13.4. The third-order valence-electron chi connectivity index (χ3n) is 7.99. The fourth-order valence-electron chi connectivity index (χ4n) is 5.77. The fourth-order valence-corrected chi connectivity index (χ4v) is 5.77. The Bertz CT molecular complexity index is 1160. The van der Waals surface area contributed by atoms with Crippen molar-refractivity contribution in [3.05, 3.63) is 102 Å². The Morgan fingerprint density at radius 1 is 0.892 bits per heavy atom. The van der Waals surface area contributed by atoms with Crippen molar-refractivity contribution in [1.82, 2.24) is 20.1 Å². The molecule has 2 amide bonds. The lowest BCUT2D eigenvalue weighted by molar-refractivity contribution is -0.139. The molecule has 0 aliphatic carbocycles. The Morgan fingerprint density at radius 2 is 1.57 bits per heavy atom. The number of hydrogen-bond donors (Lipinski definition) is 1. The van der Waals surface area contributed by atoms with Crippen LogP contribution in [0, 0.1) is 5.41 Å². The predicted molar refractivity (Wildman–Crippen MR) is 144 cm³/mol. The first-order valence-corrected chi connectivity index (χ1v) is 13.4. The van der Waals surface area contributed by atoms with Gasteiger partial charge in [-0.3, -0.25) is 14.6 Å². The molecular weight excluding hydrogens is 460 g/mol. The third kappa shape index (κ3) is 6.25. The smallest absolute Gasteiger partial charge is 0.229 e. The zero-order chi connectivity index (χ0) is 25.5. The zero-order valence-electron chi connectivity index (χ0n) is 21.4. The first-order chi connectivity index (χ1) is 18.1. The average molecular weight is 497 g/mol. The lowest BCUT2D eigenvalue weighted by Gasteiger charge is -2.38. The van der Waals surface area contributed by atoms with E-state index in [0.29, 0.717) is 18.9 Å². The van der Waals surface area contributed by atoms with Gasteiger partial charge in [-0.05, 0) is 61.5 Å². The van der Waals surface area contributed by atoms with E-state index in [-0.39, 0.29) is 17.4 Å². The standard InChI is InChI=1S/C31H36N4O2/c36-29(22-25-8-3-1-4-9-25)33-28(27-11-5-2-6-12-27)13-18-34-19-14-31(15-20-34)16-21-35(30(31)37)24-26-10-7-17-32-23-26/h1-12,17,23,28H,13-16,18-22,24H2,(H,33,36). The second kappa shape index (κ2) is 11.7. The number of aromatic nitrogens is 1. The van der Waals surface area contributed by atoms with Crippen LogP contribution in [0.2, 0.25) is 0 Å². The van der Waals surface area contributed by atoms with Crippen LogP contribution < -0.4 is 5.32 Å². The van der Waals surface area contributed by atoms with Gasteiger partial charge in [-0.25, -0.2) is 0 Å². The second-order valence-corrected chi connectivity index (χ2v) is 10.4. The van der Waals surface area contributed by atoms with Gasteiger partial charge in [-0.2, -0.15) is 0 Å². The highest BCUT2D eigenvalue weighted by Gasteiger charge is 2.47. The van der Waals surface area contributed by atoms with Crippen LogP contribution in [0.25, 0.3) is 0 Å². The first kappa shape index (κ1) is 25.2. The van der Waals surface area contributed by atoms with Gasteiger partial charge in [0.15, 0.2) is 0 Å². The Balaban J connectivity index is 1.15. The van der Waals surface area contributed by atoms with E-state index < -0.39 is 0 Å². The van der Waals surface area contributed by atoms with Crippen molar-refractivity contribution in [1.29, 1.82) is 0 Å². The molecule has 0 saturated carbocycles. The van der Waals surface area contributed by atoms with Gasteiger partial charge in [-0.1, -0.05) is 66.7 Å². The molecule has 2 aromatic carbocycles. The van der Waals surface area contributed by atoms with Crippen molar-refractivity contribution >= 4 is 11.8 Å². The highest BCUT2D eigenvalue weighted by atomic mass is 16.2. The third-order valence-corrected chi connectivity index (χ3v) is 7.99. The topological polar surface area (TPSA) is 65.5 Å². The van der Waals surface area contributed by atoms with Crippen molar-refractivity contribution < 1.29 is 9.59 Å². The lowest BCUT2D eigenvalue weighted by Crippen LogP contribution is -2.45. The van der Waals surface area contributed by atoms with Gasteiger partial charge in [0.1, 0.15) is 0 Å². The molecule has 3 heterocycles. The number of carbonyl (C=O) groups excluding carboxylic acids is 2. The van der Waals surface area contributed by atoms with Crippen LogP contribution in [-0.4, -0.2) is 52.8 Å². The Morgan fingerprint density at radius 3 is 2.27 bits per heavy atom. The van der Waals surface area contributed by atoms with Crippen LogP contribution in [0.15, 0.2) is 85.2 Å². The summed E-state index contributed by atoms with van der Waals surface area (Å²) in [6, 6.07) is 24.1. The lowest BCUT2D eigenvalue weighted by atomic mass is 9.77. The van der Waals surface area contributed by atoms with Crippen LogP contribution >= 0.6 is 0 Å². The number of benzene rings is 2. The van der Waals surface area contributed by atoms with E-state index in [1.54, 1.807) is 6.20 Å². The molecule has 1 unspecified atom stereocenters. The van der Waals surface area contributed by atoms with E-state index in [9.17, 15) is 9.59 Å². The normalized spacial score (nSPS) is 18.2. The summed E-state index contributed by atoms with van der Waals surface area (Å²) in [6.07, 6.45) is 7.61. The minimum Gasteiger partial charge on any atom is -0.349 e. The average Bonchev–Trinajstić information content (AvgIpc) is 3.23. The number of likely N-dealkylation sites (tertiary alicyclic amines) is 2. The summed E-state index contributed by atoms with van der Waals surface area (Å²) in [5, 5.41) is 3.27. The number of nitrogens with zero attached hydrogens (tertiary/aromatic N) is 3. The number of pyridine rings is 1. The van der Waals surface area contributed by atoms with Crippen molar-refractivity contribution in [2.45, 2.75) is 44.7 Å². The van der Waals surface area contributed by atoms with E-state index in [2.05, 4.69) is 27.3 Å². The summed E-state index contributed by atoms with van der Waals surface area (Å²) >= 11 is 0. The van der Waals surface area contributed by atoms with Crippen LogP contribution in [-0.2, 0) is 22.6 Å². The van der Waals surface area contributed by atoms with Gasteiger partial charge in [-0.15, -0.1) is 0 Å². The second-order valence-electron chi connectivity index (χ2n) is 10.4. The van der Waals surface area contributed by atoms with Crippen molar-refractivity contribution in [3.63, 3.8) is 0 Å². The van der Waals surface area contributed by atoms with Crippen LogP contribution in [0.4, 0.5) is 0 Å². The molecule has 1 spiro atoms. The highest BCUT2D eigenvalue weighted by Crippen LogP contribution is 2.42. The van der Waals surface area contributed by atoms with Gasteiger partial charge < -0.3 is 15.1 Å². The van der Waals surface area contributed by atoms with Crippen LogP contribution in [0.1, 0.15) is 48.4 Å². The summed E-state index contributed by atoms with van der Waals surface area (Å²) in [6.45, 7) is 4.23. The molecule has 37 heavy (non-hydrogen) atoms. The quantitative estimate of drug-likeness (QED) is 0.477. The molecule has 3 aromatic rings. The molecule has 5 rings (SSSR count). The zero-order valence-corrected chi connectivity index (χ0v) is 21.4. The summed E-state index contributed by atoms with van der Waals surface area (Å²) in [5.41, 5.74) is 3.04. The first-order valence-electron chi connectivity index (χ1n) is 13.4. The van der Waals surface area contributed by atoms with Gasteiger partial charge in [0.2, 0.25) is 11.8 Å². The number of rotatable bonds is 9. The van der Waals surface area contributed by atoms with E-state index in [1.165, 1.54) is 0 Å². The van der Waals surface area contributed by atoms with Crippen molar-refractivity contribution in [3.8, 4) is 0 Å². The van der Waals surface area contributed by atoms with E-state index in [4.69, 9.17) is 0 Å². The molecule has 1 atom stereocenters. The largest absolute Gasteiger partial charge is 0.349 e. The summed E-state index contributed by atoms with van der Waals surface area (Å²) in [5.74, 6) is 0.356. The minimum atomic E-state index is -0.207. The van der Waals surface area contributed by atoms with E-state index in [1.807, 2.05) is 71.8 Å². The molecule has 6 heteroatoms. The molecule has 2 fully saturated rings. The molecule has 1 N–H and O–H groups in total. The van der Waals surface area contributed by atoms with Gasteiger partial charge in [0, 0.05) is 32.0 Å². The van der Waals surface area contributed by atoms with E-state index >= 15 is 0 Å². The number of carbonyl (C=O) groups is 2. The minimum absolute atomic E-state index is 0.0311. The summed E-state index contributed by atoms with van der Waals surface area (Å²) in [7, 11) is 0. The summed E-state index contributed by atoms with van der Waals surface area (Å²) in [4.78, 5) is 34.9.